The first-order chi connectivity index (χ1) is 9.02. The standard InChI is InChI=1S/C15H20N2O2/c1-10(2)13-8-12-11(9-16-13)14(18)19-15(12)4-6-17(3)7-5-15/h8-10H,4-7H2,1-3H3. The van der Waals surface area contributed by atoms with Gasteiger partial charge < -0.3 is 9.64 Å². The van der Waals surface area contributed by atoms with Gasteiger partial charge in [-0.1, -0.05) is 13.8 Å². The topological polar surface area (TPSA) is 42.4 Å². The number of piperidine rings is 1. The van der Waals surface area contributed by atoms with Crippen LogP contribution in [-0.4, -0.2) is 36.0 Å². The fourth-order valence-corrected chi connectivity index (χ4v) is 2.97. The van der Waals surface area contributed by atoms with Gasteiger partial charge in [-0.2, -0.15) is 0 Å². The summed E-state index contributed by atoms with van der Waals surface area (Å²) in [5.41, 5.74) is 2.36. The Morgan fingerprint density at radius 3 is 2.68 bits per heavy atom. The number of ether oxygens (including phenoxy) is 1. The molecule has 3 heterocycles. The van der Waals surface area contributed by atoms with Gasteiger partial charge in [-0.05, 0) is 19.0 Å². The molecule has 3 rings (SSSR count). The molecule has 0 aliphatic carbocycles. The molecule has 0 unspecified atom stereocenters. The zero-order valence-electron chi connectivity index (χ0n) is 11.8. The van der Waals surface area contributed by atoms with Gasteiger partial charge in [-0.15, -0.1) is 0 Å². The summed E-state index contributed by atoms with van der Waals surface area (Å²) in [6, 6.07) is 2.08. The molecule has 0 bridgehead atoms. The summed E-state index contributed by atoms with van der Waals surface area (Å²) >= 11 is 0. The summed E-state index contributed by atoms with van der Waals surface area (Å²) in [6.07, 6.45) is 3.45. The normalized spacial score (nSPS) is 21.8. The molecule has 0 amide bonds. The Morgan fingerprint density at radius 1 is 1.37 bits per heavy atom. The van der Waals surface area contributed by atoms with E-state index in [4.69, 9.17) is 4.74 Å². The largest absolute Gasteiger partial charge is 0.450 e. The van der Waals surface area contributed by atoms with E-state index in [0.717, 1.165) is 37.2 Å². The first-order valence-electron chi connectivity index (χ1n) is 6.94. The molecule has 2 aliphatic rings. The summed E-state index contributed by atoms with van der Waals surface area (Å²) in [4.78, 5) is 18.7. The zero-order chi connectivity index (χ0) is 13.6. The van der Waals surface area contributed by atoms with Gasteiger partial charge in [0.25, 0.3) is 0 Å². The van der Waals surface area contributed by atoms with Crippen molar-refractivity contribution < 1.29 is 9.53 Å². The van der Waals surface area contributed by atoms with Crippen LogP contribution < -0.4 is 0 Å². The zero-order valence-corrected chi connectivity index (χ0v) is 11.8. The molecule has 0 N–H and O–H groups in total. The number of hydrogen-bond acceptors (Lipinski definition) is 4. The van der Waals surface area contributed by atoms with Crippen molar-refractivity contribution in [3.8, 4) is 0 Å². The van der Waals surface area contributed by atoms with Gasteiger partial charge in [0.05, 0.1) is 5.56 Å². The highest BCUT2D eigenvalue weighted by molar-refractivity contribution is 5.94. The van der Waals surface area contributed by atoms with E-state index in [-0.39, 0.29) is 5.97 Å². The van der Waals surface area contributed by atoms with Crippen LogP contribution in [0.3, 0.4) is 0 Å². The van der Waals surface area contributed by atoms with Crippen LogP contribution in [0.4, 0.5) is 0 Å². The average Bonchev–Trinajstić information content (AvgIpc) is 2.66. The van der Waals surface area contributed by atoms with Crippen LogP contribution in [0.15, 0.2) is 12.3 Å². The number of carbonyl (C=O) groups is 1. The lowest BCUT2D eigenvalue weighted by atomic mass is 9.83. The minimum atomic E-state index is -0.397. The molecule has 1 saturated heterocycles. The van der Waals surface area contributed by atoms with Crippen LogP contribution in [-0.2, 0) is 10.3 Å². The minimum Gasteiger partial charge on any atom is -0.450 e. The fraction of sp³-hybridized carbons (Fsp3) is 0.600. The summed E-state index contributed by atoms with van der Waals surface area (Å²) in [7, 11) is 2.11. The highest BCUT2D eigenvalue weighted by Gasteiger charge is 2.47. The molecule has 1 fully saturated rings. The van der Waals surface area contributed by atoms with Crippen LogP contribution in [0.1, 0.15) is 54.2 Å². The van der Waals surface area contributed by atoms with E-state index in [9.17, 15) is 4.79 Å². The van der Waals surface area contributed by atoms with Gasteiger partial charge in [-0.3, -0.25) is 4.98 Å². The van der Waals surface area contributed by atoms with Crippen molar-refractivity contribution in [2.24, 2.45) is 0 Å². The first kappa shape index (κ1) is 12.6. The minimum absolute atomic E-state index is 0.206. The maximum Gasteiger partial charge on any atom is 0.341 e. The molecule has 1 aromatic heterocycles. The SMILES string of the molecule is CC(C)c1cc2c(cn1)C(=O)OC21CCN(C)CC1. The Morgan fingerprint density at radius 2 is 2.05 bits per heavy atom. The second-order valence-corrected chi connectivity index (χ2v) is 6.00. The molecule has 4 nitrogen and oxygen atoms in total. The third-order valence-corrected chi connectivity index (χ3v) is 4.31. The summed E-state index contributed by atoms with van der Waals surface area (Å²) in [6.45, 7) is 6.17. The van der Waals surface area contributed by atoms with E-state index in [0.29, 0.717) is 11.5 Å². The number of hydrogen-bond donors (Lipinski definition) is 0. The molecular weight excluding hydrogens is 240 g/mol. The van der Waals surface area contributed by atoms with Crippen molar-refractivity contribution in [2.75, 3.05) is 20.1 Å². The molecule has 0 aromatic carbocycles. The number of aromatic nitrogens is 1. The van der Waals surface area contributed by atoms with Crippen molar-refractivity contribution in [3.63, 3.8) is 0 Å². The Balaban J connectivity index is 2.04. The number of carbonyl (C=O) groups excluding carboxylic acids is 1. The van der Waals surface area contributed by atoms with E-state index >= 15 is 0 Å². The number of rotatable bonds is 1. The Hall–Kier alpha value is -1.42. The molecule has 2 aliphatic heterocycles. The summed E-state index contributed by atoms with van der Waals surface area (Å²) in [5.74, 6) is 0.159. The van der Waals surface area contributed by atoms with Gasteiger partial charge in [0, 0.05) is 43.4 Å². The third kappa shape index (κ3) is 1.94. The maximum atomic E-state index is 12.0. The van der Waals surface area contributed by atoms with Gasteiger partial charge in [-0.25, -0.2) is 4.79 Å². The molecule has 19 heavy (non-hydrogen) atoms. The maximum absolute atomic E-state index is 12.0. The number of pyridine rings is 1. The quantitative estimate of drug-likeness (QED) is 0.727. The van der Waals surface area contributed by atoms with Crippen LogP contribution in [0, 0.1) is 0 Å². The second kappa shape index (κ2) is 4.30. The van der Waals surface area contributed by atoms with Crippen LogP contribution in [0.5, 0.6) is 0 Å². The molecule has 0 radical (unpaired) electrons. The van der Waals surface area contributed by atoms with Gasteiger partial charge >= 0.3 is 5.97 Å². The summed E-state index contributed by atoms with van der Waals surface area (Å²) in [5, 5.41) is 0. The van der Waals surface area contributed by atoms with Crippen LogP contribution in [0.25, 0.3) is 0 Å². The van der Waals surface area contributed by atoms with Crippen LogP contribution >= 0.6 is 0 Å². The highest BCUT2D eigenvalue weighted by Crippen LogP contribution is 2.44. The Kier molecular flexibility index (Phi) is 2.86. The molecule has 1 aromatic rings. The van der Waals surface area contributed by atoms with Gasteiger partial charge in [0.15, 0.2) is 0 Å². The molecule has 102 valence electrons. The Labute approximate surface area is 113 Å². The average molecular weight is 260 g/mol. The predicted octanol–water partition coefficient (Wildman–Crippen LogP) is 2.30. The second-order valence-electron chi connectivity index (χ2n) is 6.00. The van der Waals surface area contributed by atoms with Crippen molar-refractivity contribution in [1.29, 1.82) is 0 Å². The molecule has 4 heteroatoms. The number of nitrogens with zero attached hydrogens (tertiary/aromatic N) is 2. The van der Waals surface area contributed by atoms with Crippen LogP contribution in [0.2, 0.25) is 0 Å². The van der Waals surface area contributed by atoms with E-state index < -0.39 is 5.60 Å². The Bertz CT molecular complexity index is 517. The van der Waals surface area contributed by atoms with Crippen molar-refractivity contribution >= 4 is 5.97 Å². The lowest BCUT2D eigenvalue weighted by Crippen LogP contribution is -2.41. The number of esters is 1. The lowest BCUT2D eigenvalue weighted by molar-refractivity contribution is -0.0394. The third-order valence-electron chi connectivity index (χ3n) is 4.31. The summed E-state index contributed by atoms with van der Waals surface area (Å²) < 4.78 is 5.74. The van der Waals surface area contributed by atoms with E-state index in [1.807, 2.05) is 0 Å². The molecular formula is C15H20N2O2. The van der Waals surface area contributed by atoms with Crippen molar-refractivity contribution in [3.05, 3.63) is 29.1 Å². The van der Waals surface area contributed by atoms with Crippen molar-refractivity contribution in [1.82, 2.24) is 9.88 Å². The van der Waals surface area contributed by atoms with Gasteiger partial charge in [0.1, 0.15) is 5.60 Å². The lowest BCUT2D eigenvalue weighted by Gasteiger charge is -2.37. The van der Waals surface area contributed by atoms with Gasteiger partial charge in [0.2, 0.25) is 0 Å². The van der Waals surface area contributed by atoms with E-state index in [2.05, 4.69) is 36.8 Å². The number of likely N-dealkylation sites (tertiary alicyclic amines) is 1. The molecule has 1 spiro atoms. The number of fused-ring (bicyclic) bond motifs is 2. The molecule has 0 saturated carbocycles. The van der Waals surface area contributed by atoms with Crippen molar-refractivity contribution in [2.45, 2.75) is 38.2 Å². The first-order valence-corrected chi connectivity index (χ1v) is 6.94. The highest BCUT2D eigenvalue weighted by atomic mass is 16.6. The van der Waals surface area contributed by atoms with E-state index in [1.54, 1.807) is 6.20 Å². The predicted molar refractivity (Wildman–Crippen MR) is 72.2 cm³/mol. The monoisotopic (exact) mass is 260 g/mol. The smallest absolute Gasteiger partial charge is 0.341 e. The molecule has 0 atom stereocenters. The fourth-order valence-electron chi connectivity index (χ4n) is 2.97. The van der Waals surface area contributed by atoms with E-state index in [1.165, 1.54) is 0 Å².